The Kier molecular flexibility index (Phi) is 9.73. The second-order valence-corrected chi connectivity index (χ2v) is 12.8. The van der Waals surface area contributed by atoms with Crippen molar-refractivity contribution in [3.8, 4) is 0 Å². The van der Waals surface area contributed by atoms with E-state index in [2.05, 4.69) is 209 Å². The van der Waals surface area contributed by atoms with Crippen LogP contribution in [-0.4, -0.2) is 0 Å². The molecule has 0 amide bonds. The SMILES string of the molecule is CC(=CC=C(C)c1ccc(N(c2ccc(C)cc2)c2ccc(C)cc2)cc1)c1ccc(N(c2ccc(C)cc2)c2ccc(C)cc2)cc1. The van der Waals surface area contributed by atoms with E-state index in [4.69, 9.17) is 0 Å². The summed E-state index contributed by atoms with van der Waals surface area (Å²) in [4.78, 5) is 4.63. The van der Waals surface area contributed by atoms with Crippen molar-refractivity contribution in [1.82, 2.24) is 0 Å². The van der Waals surface area contributed by atoms with Crippen LogP contribution in [0, 0.1) is 27.7 Å². The number of anilines is 6. The van der Waals surface area contributed by atoms with Crippen LogP contribution >= 0.6 is 0 Å². The van der Waals surface area contributed by atoms with Gasteiger partial charge in [0, 0.05) is 34.1 Å². The molecule has 48 heavy (non-hydrogen) atoms. The molecule has 0 aromatic heterocycles. The number of hydrogen-bond acceptors (Lipinski definition) is 2. The van der Waals surface area contributed by atoms with Gasteiger partial charge in [0.25, 0.3) is 0 Å². The lowest BCUT2D eigenvalue weighted by atomic mass is 10.0. The first-order valence-corrected chi connectivity index (χ1v) is 16.7. The Labute approximate surface area is 287 Å². The maximum Gasteiger partial charge on any atom is 0.0462 e. The molecule has 0 aliphatic carbocycles. The van der Waals surface area contributed by atoms with Gasteiger partial charge in [-0.05, 0) is 137 Å². The van der Waals surface area contributed by atoms with Crippen LogP contribution < -0.4 is 9.80 Å². The van der Waals surface area contributed by atoms with Crippen LogP contribution in [0.25, 0.3) is 11.1 Å². The maximum absolute atomic E-state index is 2.31. The summed E-state index contributed by atoms with van der Waals surface area (Å²) in [5.41, 5.74) is 16.7. The Balaban J connectivity index is 1.22. The minimum absolute atomic E-state index is 1.14. The fourth-order valence-corrected chi connectivity index (χ4v) is 5.86. The molecule has 0 fully saturated rings. The first-order chi connectivity index (χ1) is 23.2. The molecular weight excluding hydrogens is 581 g/mol. The normalized spacial score (nSPS) is 11.8. The number of nitrogens with zero attached hydrogens (tertiary/aromatic N) is 2. The zero-order valence-electron chi connectivity index (χ0n) is 28.9. The zero-order valence-corrected chi connectivity index (χ0v) is 28.9. The third-order valence-electron chi connectivity index (χ3n) is 8.91. The van der Waals surface area contributed by atoms with E-state index in [1.807, 2.05) is 0 Å². The molecule has 0 unspecified atom stereocenters. The van der Waals surface area contributed by atoms with Gasteiger partial charge in [0.15, 0.2) is 0 Å². The second kappa shape index (κ2) is 14.4. The van der Waals surface area contributed by atoms with E-state index >= 15 is 0 Å². The van der Waals surface area contributed by atoms with Crippen LogP contribution in [0.2, 0.25) is 0 Å². The first-order valence-electron chi connectivity index (χ1n) is 16.7. The van der Waals surface area contributed by atoms with Crippen LogP contribution in [0.3, 0.4) is 0 Å². The topological polar surface area (TPSA) is 6.48 Å². The van der Waals surface area contributed by atoms with Gasteiger partial charge >= 0.3 is 0 Å². The Morgan fingerprint density at radius 2 is 0.500 bits per heavy atom. The Morgan fingerprint density at radius 1 is 0.312 bits per heavy atom. The predicted molar refractivity (Wildman–Crippen MR) is 208 cm³/mol. The molecule has 0 heterocycles. The van der Waals surface area contributed by atoms with Crippen molar-refractivity contribution in [3.63, 3.8) is 0 Å². The molecule has 6 aromatic carbocycles. The van der Waals surface area contributed by atoms with E-state index in [1.54, 1.807) is 0 Å². The standard InChI is InChI=1S/C46H44N2/c1-33-7-21-41(22-8-33)47(42-23-9-34(2)10-24-42)45-29-17-39(18-30-45)37(5)15-16-38(6)40-19-31-46(32-20-40)48(43-25-11-35(3)12-26-43)44-27-13-36(4)14-28-44/h7-32H,1-6H3. The highest BCUT2D eigenvalue weighted by Crippen LogP contribution is 2.37. The summed E-state index contributed by atoms with van der Waals surface area (Å²) in [6.45, 7) is 12.9. The molecule has 6 rings (SSSR count). The van der Waals surface area contributed by atoms with Crippen molar-refractivity contribution in [2.45, 2.75) is 41.5 Å². The summed E-state index contributed by atoms with van der Waals surface area (Å²) >= 11 is 0. The first kappa shape index (κ1) is 32.3. The molecule has 0 N–H and O–H groups in total. The van der Waals surface area contributed by atoms with Crippen LogP contribution in [0.4, 0.5) is 34.1 Å². The van der Waals surface area contributed by atoms with Crippen LogP contribution in [-0.2, 0) is 0 Å². The van der Waals surface area contributed by atoms with Gasteiger partial charge in [0.2, 0.25) is 0 Å². The van der Waals surface area contributed by atoms with Gasteiger partial charge < -0.3 is 9.80 Å². The summed E-state index contributed by atoms with van der Waals surface area (Å²) in [5, 5.41) is 0. The van der Waals surface area contributed by atoms with Crippen LogP contribution in [0.15, 0.2) is 158 Å². The summed E-state index contributed by atoms with van der Waals surface area (Å²) in [7, 11) is 0. The van der Waals surface area contributed by atoms with Crippen molar-refractivity contribution in [1.29, 1.82) is 0 Å². The van der Waals surface area contributed by atoms with Gasteiger partial charge in [-0.3, -0.25) is 0 Å². The lowest BCUT2D eigenvalue weighted by molar-refractivity contribution is 1.27. The molecule has 0 bridgehead atoms. The summed E-state index contributed by atoms with van der Waals surface area (Å²) in [6, 6.07) is 52.7. The molecule has 0 aliphatic rings. The zero-order chi connectivity index (χ0) is 33.6. The van der Waals surface area contributed by atoms with Crippen LogP contribution in [0.1, 0.15) is 47.2 Å². The second-order valence-electron chi connectivity index (χ2n) is 12.8. The molecule has 0 saturated carbocycles. The molecular formula is C46H44N2. The molecule has 0 radical (unpaired) electrons. The molecule has 6 aromatic rings. The summed E-state index contributed by atoms with van der Waals surface area (Å²) in [5.74, 6) is 0. The van der Waals surface area contributed by atoms with Crippen molar-refractivity contribution >= 4 is 45.3 Å². The predicted octanol–water partition coefficient (Wildman–Crippen LogP) is 13.4. The molecule has 0 aliphatic heterocycles. The van der Waals surface area contributed by atoms with E-state index in [-0.39, 0.29) is 0 Å². The number of benzene rings is 6. The monoisotopic (exact) mass is 624 g/mol. The Hall–Kier alpha value is -5.60. The summed E-state index contributed by atoms with van der Waals surface area (Å²) in [6.07, 6.45) is 4.45. The van der Waals surface area contributed by atoms with Gasteiger partial charge in [0.05, 0.1) is 0 Å². The fraction of sp³-hybridized carbons (Fsp3) is 0.130. The van der Waals surface area contributed by atoms with Gasteiger partial charge in [0.1, 0.15) is 0 Å². The molecule has 2 nitrogen and oxygen atoms in total. The highest BCUT2D eigenvalue weighted by atomic mass is 15.1. The number of rotatable bonds is 9. The molecule has 0 saturated heterocycles. The van der Waals surface area contributed by atoms with Gasteiger partial charge in [-0.25, -0.2) is 0 Å². The smallest absolute Gasteiger partial charge is 0.0462 e. The van der Waals surface area contributed by atoms with E-state index in [1.165, 1.54) is 44.5 Å². The quantitative estimate of drug-likeness (QED) is 0.148. The third-order valence-corrected chi connectivity index (χ3v) is 8.91. The average molecular weight is 625 g/mol. The number of hydrogen-bond donors (Lipinski definition) is 0. The van der Waals surface area contributed by atoms with Crippen molar-refractivity contribution in [3.05, 3.63) is 191 Å². The minimum Gasteiger partial charge on any atom is -0.311 e. The van der Waals surface area contributed by atoms with Gasteiger partial charge in [-0.2, -0.15) is 0 Å². The van der Waals surface area contributed by atoms with Crippen molar-refractivity contribution in [2.75, 3.05) is 9.80 Å². The molecule has 2 heteroatoms. The number of allylic oxidation sites excluding steroid dienone is 4. The van der Waals surface area contributed by atoms with E-state index in [0.717, 1.165) is 34.1 Å². The Bertz CT molecular complexity index is 1770. The van der Waals surface area contributed by atoms with E-state index in [0.29, 0.717) is 0 Å². The highest BCUT2D eigenvalue weighted by molar-refractivity contribution is 5.80. The minimum atomic E-state index is 1.14. The largest absolute Gasteiger partial charge is 0.311 e. The summed E-state index contributed by atoms with van der Waals surface area (Å²) < 4.78 is 0. The third kappa shape index (κ3) is 7.51. The lowest BCUT2D eigenvalue weighted by Gasteiger charge is -2.26. The van der Waals surface area contributed by atoms with Crippen LogP contribution in [0.5, 0.6) is 0 Å². The molecule has 0 spiro atoms. The highest BCUT2D eigenvalue weighted by Gasteiger charge is 2.14. The van der Waals surface area contributed by atoms with Crippen molar-refractivity contribution in [2.24, 2.45) is 0 Å². The maximum atomic E-state index is 2.31. The Morgan fingerprint density at radius 3 is 0.708 bits per heavy atom. The molecule has 0 atom stereocenters. The van der Waals surface area contributed by atoms with Gasteiger partial charge in [-0.15, -0.1) is 0 Å². The van der Waals surface area contributed by atoms with Gasteiger partial charge in [-0.1, -0.05) is 107 Å². The van der Waals surface area contributed by atoms with E-state index in [9.17, 15) is 0 Å². The lowest BCUT2D eigenvalue weighted by Crippen LogP contribution is -2.10. The number of aryl methyl sites for hydroxylation is 4. The molecule has 238 valence electrons. The fourth-order valence-electron chi connectivity index (χ4n) is 5.86. The van der Waals surface area contributed by atoms with E-state index < -0.39 is 0 Å². The van der Waals surface area contributed by atoms with Crippen molar-refractivity contribution < 1.29 is 0 Å². The average Bonchev–Trinajstić information content (AvgIpc) is 3.11.